The van der Waals surface area contributed by atoms with Gasteiger partial charge in [0.05, 0.1) is 7.11 Å². The molecule has 1 rings (SSSR count). The number of ether oxygens (including phenoxy) is 1. The molecule has 1 unspecified atom stereocenters. The van der Waals surface area contributed by atoms with Gasteiger partial charge in [-0.05, 0) is 30.2 Å². The van der Waals surface area contributed by atoms with Crippen molar-refractivity contribution in [2.24, 2.45) is 5.92 Å². The minimum absolute atomic E-state index is 0.0121. The fourth-order valence-electron chi connectivity index (χ4n) is 1.51. The second-order valence-electron chi connectivity index (χ2n) is 4.02. The van der Waals surface area contributed by atoms with Crippen LogP contribution in [0.4, 0.5) is 0 Å². The van der Waals surface area contributed by atoms with E-state index in [0.29, 0.717) is 17.0 Å². The maximum atomic E-state index is 11.8. The third kappa shape index (κ3) is 4.57. The minimum Gasteiger partial charge on any atom is -0.469 e. The lowest BCUT2D eigenvalue weighted by atomic mass is 9.97. The molecule has 0 aliphatic carbocycles. The summed E-state index contributed by atoms with van der Waals surface area (Å²) in [5.41, 5.74) is 0.617. The quantitative estimate of drug-likeness (QED) is 0.599. The van der Waals surface area contributed by atoms with Gasteiger partial charge in [0, 0.05) is 23.4 Å². The number of benzene rings is 1. The van der Waals surface area contributed by atoms with Crippen LogP contribution in [0.2, 0.25) is 5.02 Å². The fourth-order valence-corrected chi connectivity index (χ4v) is 1.64. The molecule has 1 aromatic rings. The average Bonchev–Trinajstić information content (AvgIpc) is 2.29. The highest BCUT2D eigenvalue weighted by Crippen LogP contribution is 2.15. The van der Waals surface area contributed by atoms with Crippen molar-refractivity contribution < 1.29 is 14.3 Å². The SMILES string of the molecule is COC(=O)CC(C)CC(=O)c1ccc(Cl)cc1. The number of Topliss-reactive ketones (excluding diaryl/α,β-unsaturated/α-hetero) is 1. The molecule has 17 heavy (non-hydrogen) atoms. The lowest BCUT2D eigenvalue weighted by Gasteiger charge is -2.08. The zero-order chi connectivity index (χ0) is 12.8. The van der Waals surface area contributed by atoms with Gasteiger partial charge in [-0.15, -0.1) is 0 Å². The highest BCUT2D eigenvalue weighted by atomic mass is 35.5. The lowest BCUT2D eigenvalue weighted by molar-refractivity contribution is -0.141. The number of methoxy groups -OCH3 is 1. The van der Waals surface area contributed by atoms with Crippen molar-refractivity contribution in [1.29, 1.82) is 0 Å². The van der Waals surface area contributed by atoms with Gasteiger partial charge in [0.2, 0.25) is 0 Å². The van der Waals surface area contributed by atoms with E-state index in [1.807, 2.05) is 6.92 Å². The number of hydrogen-bond acceptors (Lipinski definition) is 3. The predicted octanol–water partition coefficient (Wildman–Crippen LogP) is 3.11. The lowest BCUT2D eigenvalue weighted by Crippen LogP contribution is -2.11. The van der Waals surface area contributed by atoms with E-state index < -0.39 is 0 Å². The van der Waals surface area contributed by atoms with Crippen molar-refractivity contribution in [3.8, 4) is 0 Å². The van der Waals surface area contributed by atoms with Crippen molar-refractivity contribution >= 4 is 23.4 Å². The Morgan fingerprint density at radius 2 is 1.82 bits per heavy atom. The number of hydrogen-bond donors (Lipinski definition) is 0. The first-order valence-corrected chi connectivity index (χ1v) is 5.76. The number of carbonyl (C=O) groups excluding carboxylic acids is 2. The van der Waals surface area contributed by atoms with Gasteiger partial charge >= 0.3 is 5.97 Å². The summed E-state index contributed by atoms with van der Waals surface area (Å²) in [6.07, 6.45) is 0.590. The summed E-state index contributed by atoms with van der Waals surface area (Å²) in [4.78, 5) is 22.9. The maximum absolute atomic E-state index is 11.8. The average molecular weight is 255 g/mol. The normalized spacial score (nSPS) is 11.9. The summed E-state index contributed by atoms with van der Waals surface area (Å²) >= 11 is 5.74. The summed E-state index contributed by atoms with van der Waals surface area (Å²) in [7, 11) is 1.34. The van der Waals surface area contributed by atoms with Crippen LogP contribution in [-0.2, 0) is 9.53 Å². The molecular formula is C13H15ClO3. The van der Waals surface area contributed by atoms with Gasteiger partial charge in [-0.1, -0.05) is 18.5 Å². The Kier molecular flexibility index (Phi) is 5.16. The molecule has 0 spiro atoms. The molecule has 0 radical (unpaired) electrons. The Balaban J connectivity index is 2.54. The number of carbonyl (C=O) groups is 2. The molecule has 1 aromatic carbocycles. The largest absolute Gasteiger partial charge is 0.469 e. The Labute approximate surface area is 106 Å². The molecular weight excluding hydrogens is 240 g/mol. The van der Waals surface area contributed by atoms with E-state index in [2.05, 4.69) is 4.74 Å². The molecule has 1 atom stereocenters. The first-order chi connectivity index (χ1) is 8.02. The first-order valence-electron chi connectivity index (χ1n) is 5.38. The molecule has 0 N–H and O–H groups in total. The molecule has 0 aromatic heterocycles. The van der Waals surface area contributed by atoms with Crippen molar-refractivity contribution in [3.05, 3.63) is 34.9 Å². The van der Waals surface area contributed by atoms with E-state index in [-0.39, 0.29) is 24.1 Å². The summed E-state index contributed by atoms with van der Waals surface area (Å²) in [6.45, 7) is 1.85. The van der Waals surface area contributed by atoms with Gasteiger partial charge in [-0.3, -0.25) is 9.59 Å². The van der Waals surface area contributed by atoms with E-state index in [0.717, 1.165) is 0 Å². The second kappa shape index (κ2) is 6.40. The molecule has 0 saturated carbocycles. The highest BCUT2D eigenvalue weighted by Gasteiger charge is 2.14. The summed E-state index contributed by atoms with van der Waals surface area (Å²) in [5, 5.41) is 0.601. The van der Waals surface area contributed by atoms with E-state index in [1.165, 1.54) is 7.11 Å². The third-order valence-corrected chi connectivity index (χ3v) is 2.69. The molecule has 3 nitrogen and oxygen atoms in total. The highest BCUT2D eigenvalue weighted by molar-refractivity contribution is 6.30. The van der Waals surface area contributed by atoms with E-state index in [1.54, 1.807) is 24.3 Å². The van der Waals surface area contributed by atoms with E-state index >= 15 is 0 Å². The Morgan fingerprint density at radius 3 is 2.35 bits per heavy atom. The van der Waals surface area contributed by atoms with Crippen molar-refractivity contribution in [2.45, 2.75) is 19.8 Å². The Morgan fingerprint density at radius 1 is 1.24 bits per heavy atom. The van der Waals surface area contributed by atoms with Crippen molar-refractivity contribution in [3.63, 3.8) is 0 Å². The van der Waals surface area contributed by atoms with Gasteiger partial charge < -0.3 is 4.74 Å². The molecule has 0 aliphatic heterocycles. The van der Waals surface area contributed by atoms with Crippen LogP contribution in [0.1, 0.15) is 30.1 Å². The fraction of sp³-hybridized carbons (Fsp3) is 0.385. The Bertz CT molecular complexity index is 398. The van der Waals surface area contributed by atoms with Gasteiger partial charge in [0.1, 0.15) is 0 Å². The van der Waals surface area contributed by atoms with Gasteiger partial charge in [0.25, 0.3) is 0 Å². The van der Waals surface area contributed by atoms with Crippen LogP contribution in [0.25, 0.3) is 0 Å². The number of halogens is 1. The van der Waals surface area contributed by atoms with Crippen LogP contribution < -0.4 is 0 Å². The number of ketones is 1. The first kappa shape index (κ1) is 13.7. The molecule has 0 fully saturated rings. The standard InChI is InChI=1S/C13H15ClO3/c1-9(8-13(16)17-2)7-12(15)10-3-5-11(14)6-4-10/h3-6,9H,7-8H2,1-2H3. The van der Waals surface area contributed by atoms with Gasteiger partial charge in [-0.25, -0.2) is 0 Å². The van der Waals surface area contributed by atoms with Crippen LogP contribution in [0.15, 0.2) is 24.3 Å². The zero-order valence-electron chi connectivity index (χ0n) is 9.90. The smallest absolute Gasteiger partial charge is 0.305 e. The van der Waals surface area contributed by atoms with Crippen molar-refractivity contribution in [2.75, 3.05) is 7.11 Å². The Hall–Kier alpha value is -1.35. The van der Waals surface area contributed by atoms with Gasteiger partial charge in [0.15, 0.2) is 5.78 Å². The van der Waals surface area contributed by atoms with E-state index in [4.69, 9.17) is 11.6 Å². The second-order valence-corrected chi connectivity index (χ2v) is 4.46. The maximum Gasteiger partial charge on any atom is 0.305 e. The van der Waals surface area contributed by atoms with Crippen LogP contribution in [0.3, 0.4) is 0 Å². The summed E-state index contributed by atoms with van der Waals surface area (Å²) in [6, 6.07) is 6.74. The number of esters is 1. The monoisotopic (exact) mass is 254 g/mol. The van der Waals surface area contributed by atoms with Crippen molar-refractivity contribution in [1.82, 2.24) is 0 Å². The molecule has 92 valence electrons. The molecule has 0 amide bonds. The third-order valence-electron chi connectivity index (χ3n) is 2.44. The molecule has 0 aliphatic rings. The van der Waals surface area contributed by atoms with Crippen LogP contribution in [0.5, 0.6) is 0 Å². The summed E-state index contributed by atoms with van der Waals surface area (Å²) < 4.78 is 4.56. The minimum atomic E-state index is -0.290. The zero-order valence-corrected chi connectivity index (χ0v) is 10.7. The number of rotatable bonds is 5. The molecule has 4 heteroatoms. The topological polar surface area (TPSA) is 43.4 Å². The predicted molar refractivity (Wildman–Crippen MR) is 66.2 cm³/mol. The summed E-state index contributed by atoms with van der Waals surface area (Å²) in [5.74, 6) is -0.301. The van der Waals surface area contributed by atoms with E-state index in [9.17, 15) is 9.59 Å². The molecule has 0 heterocycles. The van der Waals surface area contributed by atoms with Gasteiger partial charge in [-0.2, -0.15) is 0 Å². The van der Waals surface area contributed by atoms with Crippen LogP contribution in [-0.4, -0.2) is 18.9 Å². The van der Waals surface area contributed by atoms with Crippen LogP contribution >= 0.6 is 11.6 Å². The molecule has 0 saturated heterocycles. The molecule has 0 bridgehead atoms. The van der Waals surface area contributed by atoms with Crippen LogP contribution in [0, 0.1) is 5.92 Å².